The topological polar surface area (TPSA) is 0 Å². The summed E-state index contributed by atoms with van der Waals surface area (Å²) >= 11 is 0. The van der Waals surface area contributed by atoms with Gasteiger partial charge in [0, 0.05) is 18.3 Å². The van der Waals surface area contributed by atoms with Crippen LogP contribution in [0.4, 0.5) is 0 Å². The first-order valence-electron chi connectivity index (χ1n) is 5.51. The molecule has 1 heterocycles. The normalized spacial score (nSPS) is 54.5. The van der Waals surface area contributed by atoms with Gasteiger partial charge in [-0.1, -0.05) is 6.42 Å². The van der Waals surface area contributed by atoms with Crippen LogP contribution in [0, 0.1) is 17.8 Å². The Morgan fingerprint density at radius 2 is 1.83 bits per heavy atom. The van der Waals surface area contributed by atoms with E-state index in [1.165, 1.54) is 17.4 Å². The summed E-state index contributed by atoms with van der Waals surface area (Å²) < 4.78 is 1.34. The van der Waals surface area contributed by atoms with Gasteiger partial charge in [-0.25, -0.2) is 0 Å². The van der Waals surface area contributed by atoms with Crippen molar-refractivity contribution < 1.29 is 4.48 Å². The Morgan fingerprint density at radius 3 is 2.67 bits per heavy atom. The molecule has 1 aliphatic heterocycles. The third-order valence-electron chi connectivity index (χ3n) is 4.87. The second-order valence-corrected chi connectivity index (χ2v) is 5.78. The molecule has 4 unspecified atom stereocenters. The van der Waals surface area contributed by atoms with E-state index >= 15 is 0 Å². The second kappa shape index (κ2) is 2.06. The molecule has 0 aromatic heterocycles. The van der Waals surface area contributed by atoms with Crippen LogP contribution in [0.15, 0.2) is 0 Å². The van der Waals surface area contributed by atoms with E-state index in [1.807, 2.05) is 0 Å². The molecule has 0 spiro atoms. The van der Waals surface area contributed by atoms with Gasteiger partial charge in [0.2, 0.25) is 0 Å². The Morgan fingerprint density at radius 1 is 1.08 bits per heavy atom. The maximum absolute atomic E-state index is 2.44. The predicted molar refractivity (Wildman–Crippen MR) is 49.7 cm³/mol. The maximum atomic E-state index is 2.44. The molecule has 2 aliphatic carbocycles. The first-order chi connectivity index (χ1) is 5.68. The molecule has 0 aromatic carbocycles. The minimum atomic E-state index is 1.04. The Hall–Kier alpha value is -0.0400. The quantitative estimate of drug-likeness (QED) is 0.482. The molecule has 1 heteroatoms. The van der Waals surface area contributed by atoms with Gasteiger partial charge in [-0.3, -0.25) is 0 Å². The Kier molecular flexibility index (Phi) is 1.27. The molecular formula is C11H20N+. The lowest BCUT2D eigenvalue weighted by Gasteiger charge is -2.40. The highest BCUT2D eigenvalue weighted by Crippen LogP contribution is 2.55. The molecule has 4 atom stereocenters. The van der Waals surface area contributed by atoms with Crippen molar-refractivity contribution in [2.45, 2.75) is 31.7 Å². The molecule has 2 bridgehead atoms. The Bertz CT molecular complexity index is 209. The van der Waals surface area contributed by atoms with Crippen LogP contribution in [0.1, 0.15) is 25.7 Å². The fourth-order valence-corrected chi connectivity index (χ4v) is 4.49. The molecule has 2 saturated carbocycles. The average Bonchev–Trinajstić information content (AvgIpc) is 2.53. The van der Waals surface area contributed by atoms with E-state index in [4.69, 9.17) is 0 Å². The average molecular weight is 166 g/mol. The lowest BCUT2D eigenvalue weighted by Crippen LogP contribution is -2.51. The monoisotopic (exact) mass is 166 g/mol. The number of rotatable bonds is 0. The van der Waals surface area contributed by atoms with Gasteiger partial charge in [0.15, 0.2) is 0 Å². The minimum Gasteiger partial charge on any atom is -0.326 e. The third-order valence-corrected chi connectivity index (χ3v) is 4.87. The number of nitrogens with zero attached hydrogens (tertiary/aromatic N) is 1. The van der Waals surface area contributed by atoms with Crippen molar-refractivity contribution in [1.29, 1.82) is 0 Å². The summed E-state index contributed by atoms with van der Waals surface area (Å²) in [7, 11) is 4.89. The molecule has 1 nitrogen and oxygen atoms in total. The summed E-state index contributed by atoms with van der Waals surface area (Å²) in [6.07, 6.45) is 6.20. The van der Waals surface area contributed by atoms with E-state index in [1.54, 1.807) is 19.3 Å². The first kappa shape index (κ1) is 7.37. The molecule has 3 rings (SSSR count). The van der Waals surface area contributed by atoms with E-state index in [2.05, 4.69) is 14.1 Å². The van der Waals surface area contributed by atoms with Gasteiger partial charge < -0.3 is 4.48 Å². The molecular weight excluding hydrogens is 146 g/mol. The maximum Gasteiger partial charge on any atom is 0.0922 e. The summed E-state index contributed by atoms with van der Waals surface area (Å²) in [6, 6.07) is 1.04. The van der Waals surface area contributed by atoms with Crippen LogP contribution in [-0.4, -0.2) is 31.2 Å². The summed E-state index contributed by atoms with van der Waals surface area (Å²) in [5.41, 5.74) is 0. The van der Waals surface area contributed by atoms with Crippen molar-refractivity contribution in [3.05, 3.63) is 0 Å². The van der Waals surface area contributed by atoms with Gasteiger partial charge in [-0.05, 0) is 18.8 Å². The molecule has 68 valence electrons. The predicted octanol–water partition coefficient (Wildman–Crippen LogP) is 1.88. The highest BCUT2D eigenvalue weighted by atomic mass is 15.4. The lowest BCUT2D eigenvalue weighted by molar-refractivity contribution is -0.912. The van der Waals surface area contributed by atoms with Gasteiger partial charge in [0.05, 0.1) is 26.7 Å². The van der Waals surface area contributed by atoms with Crippen LogP contribution >= 0.6 is 0 Å². The zero-order chi connectivity index (χ0) is 8.34. The first-order valence-corrected chi connectivity index (χ1v) is 5.51. The molecule has 1 saturated heterocycles. The molecule has 3 fully saturated rings. The van der Waals surface area contributed by atoms with E-state index in [9.17, 15) is 0 Å². The van der Waals surface area contributed by atoms with Crippen LogP contribution in [0.2, 0.25) is 0 Å². The highest BCUT2D eigenvalue weighted by Gasteiger charge is 2.58. The van der Waals surface area contributed by atoms with E-state index in [-0.39, 0.29) is 0 Å². The molecule has 0 amide bonds. The lowest BCUT2D eigenvalue weighted by atomic mass is 9.87. The molecule has 0 N–H and O–H groups in total. The van der Waals surface area contributed by atoms with E-state index < -0.39 is 0 Å². The van der Waals surface area contributed by atoms with Gasteiger partial charge in [0.1, 0.15) is 0 Å². The summed E-state index contributed by atoms with van der Waals surface area (Å²) in [5, 5.41) is 0. The van der Waals surface area contributed by atoms with Crippen molar-refractivity contribution in [2.75, 3.05) is 20.6 Å². The van der Waals surface area contributed by atoms with Crippen molar-refractivity contribution in [3.8, 4) is 0 Å². The smallest absolute Gasteiger partial charge is 0.0922 e. The number of likely N-dealkylation sites (tertiary alicyclic amines) is 1. The fourth-order valence-electron chi connectivity index (χ4n) is 4.49. The fraction of sp³-hybridized carbons (Fsp3) is 1.00. The van der Waals surface area contributed by atoms with E-state index in [0.29, 0.717) is 0 Å². The van der Waals surface area contributed by atoms with Crippen LogP contribution in [-0.2, 0) is 0 Å². The van der Waals surface area contributed by atoms with Gasteiger partial charge in [0.25, 0.3) is 0 Å². The molecule has 12 heavy (non-hydrogen) atoms. The molecule has 0 aromatic rings. The van der Waals surface area contributed by atoms with Crippen molar-refractivity contribution in [1.82, 2.24) is 0 Å². The highest BCUT2D eigenvalue weighted by molar-refractivity contribution is 4.99. The molecule has 0 radical (unpaired) electrons. The van der Waals surface area contributed by atoms with Crippen LogP contribution in [0.25, 0.3) is 0 Å². The summed E-state index contributed by atoms with van der Waals surface area (Å²) in [6.45, 7) is 1.48. The van der Waals surface area contributed by atoms with Gasteiger partial charge >= 0.3 is 0 Å². The second-order valence-electron chi connectivity index (χ2n) is 5.78. The van der Waals surface area contributed by atoms with Crippen LogP contribution in [0.5, 0.6) is 0 Å². The summed E-state index contributed by atoms with van der Waals surface area (Å²) in [5.74, 6) is 3.39. The zero-order valence-electron chi connectivity index (χ0n) is 8.29. The minimum absolute atomic E-state index is 1.04. The van der Waals surface area contributed by atoms with Crippen molar-refractivity contribution >= 4 is 0 Å². The van der Waals surface area contributed by atoms with Gasteiger partial charge in [-0.15, -0.1) is 0 Å². The molecule has 3 aliphatic rings. The van der Waals surface area contributed by atoms with Crippen molar-refractivity contribution in [3.63, 3.8) is 0 Å². The zero-order valence-corrected chi connectivity index (χ0v) is 8.29. The summed E-state index contributed by atoms with van der Waals surface area (Å²) in [4.78, 5) is 0. The van der Waals surface area contributed by atoms with Gasteiger partial charge in [-0.2, -0.15) is 0 Å². The Labute approximate surface area is 75.3 Å². The largest absolute Gasteiger partial charge is 0.326 e. The number of hydrogen-bond donors (Lipinski definition) is 0. The number of piperidine rings is 1. The van der Waals surface area contributed by atoms with Crippen LogP contribution < -0.4 is 0 Å². The number of fused-ring (bicyclic) bond motifs is 5. The Balaban J connectivity index is 1.93. The van der Waals surface area contributed by atoms with E-state index in [0.717, 1.165) is 23.8 Å². The number of quaternary nitrogens is 1. The van der Waals surface area contributed by atoms with Crippen LogP contribution in [0.3, 0.4) is 0 Å². The number of hydrogen-bond acceptors (Lipinski definition) is 0. The SMILES string of the molecule is C[N+]1(C)CC2CC1C1CCCC21. The standard InChI is InChI=1S/C11H20N/c1-12(2)7-8-6-11(12)10-5-3-4-9(8)10/h8-11H,3-7H2,1-2H3/q+1. The van der Waals surface area contributed by atoms with Crippen molar-refractivity contribution in [2.24, 2.45) is 17.8 Å². The third kappa shape index (κ3) is 0.736.